The second-order valence-corrected chi connectivity index (χ2v) is 5.25. The van der Waals surface area contributed by atoms with Crippen LogP contribution in [0.1, 0.15) is 20.3 Å². The Labute approximate surface area is 122 Å². The first-order valence-corrected chi connectivity index (χ1v) is 7.15. The largest absolute Gasteiger partial charge is 0.385 e. The van der Waals surface area contributed by atoms with Crippen molar-refractivity contribution in [1.29, 1.82) is 0 Å². The highest BCUT2D eigenvalue weighted by atomic mass is 16.5. The van der Waals surface area contributed by atoms with E-state index in [0.29, 0.717) is 37.0 Å². The maximum absolute atomic E-state index is 10.5. The molecule has 0 saturated carbocycles. The zero-order valence-corrected chi connectivity index (χ0v) is 12.2. The van der Waals surface area contributed by atoms with Crippen molar-refractivity contribution >= 4 is 22.9 Å². The number of nitrogens with one attached hydrogen (secondary N) is 3. The molecule has 1 aliphatic heterocycles. The lowest BCUT2D eigenvalue weighted by molar-refractivity contribution is -0.0176. The molecule has 1 saturated heterocycles. The molecule has 2 aromatic heterocycles. The molecule has 1 fully saturated rings. The number of anilines is 2. The zero-order valence-electron chi connectivity index (χ0n) is 12.2. The third-order valence-corrected chi connectivity index (χ3v) is 3.84. The molecule has 0 spiro atoms. The molecule has 3 heterocycles. The summed E-state index contributed by atoms with van der Waals surface area (Å²) in [6, 6.07) is 0. The smallest absolute Gasteiger partial charge is 0.226 e. The standard InChI is InChI=1S/C13H20N6O2/c1-3-14-12-18-10(9-11(19-12)17-7-16-9)15-6-13(20)4-5-21-8(13)2/h7-8,20H,3-6H2,1-2H3,(H3,14,15,16,17,18,19). The van der Waals surface area contributed by atoms with E-state index < -0.39 is 5.60 Å². The van der Waals surface area contributed by atoms with Crippen LogP contribution < -0.4 is 10.6 Å². The summed E-state index contributed by atoms with van der Waals surface area (Å²) in [5.41, 5.74) is 0.438. The number of hydrogen-bond acceptors (Lipinski definition) is 7. The Bertz CT molecular complexity index is 630. The molecule has 2 aromatic rings. The molecule has 2 atom stereocenters. The highest BCUT2D eigenvalue weighted by Crippen LogP contribution is 2.27. The van der Waals surface area contributed by atoms with Gasteiger partial charge in [-0.2, -0.15) is 9.97 Å². The van der Waals surface area contributed by atoms with Crippen LogP contribution in [-0.4, -0.2) is 56.4 Å². The molecule has 3 rings (SSSR count). The van der Waals surface area contributed by atoms with Gasteiger partial charge < -0.3 is 25.5 Å². The van der Waals surface area contributed by atoms with Gasteiger partial charge >= 0.3 is 0 Å². The molecule has 0 aliphatic carbocycles. The number of aromatic nitrogens is 4. The summed E-state index contributed by atoms with van der Waals surface area (Å²) in [5.74, 6) is 1.14. The van der Waals surface area contributed by atoms with Crippen LogP contribution in [0.3, 0.4) is 0 Å². The average molecular weight is 292 g/mol. The van der Waals surface area contributed by atoms with Crippen molar-refractivity contribution in [2.45, 2.75) is 32.0 Å². The molecule has 4 N–H and O–H groups in total. The number of fused-ring (bicyclic) bond motifs is 1. The van der Waals surface area contributed by atoms with E-state index in [-0.39, 0.29) is 6.10 Å². The fourth-order valence-corrected chi connectivity index (χ4v) is 2.44. The lowest BCUT2D eigenvalue weighted by Crippen LogP contribution is -2.43. The van der Waals surface area contributed by atoms with Crippen molar-refractivity contribution in [3.63, 3.8) is 0 Å². The summed E-state index contributed by atoms with van der Waals surface area (Å²) in [6.07, 6.45) is 1.99. The predicted octanol–water partition coefficient (Wildman–Crippen LogP) is 0.736. The van der Waals surface area contributed by atoms with Crippen molar-refractivity contribution in [3.05, 3.63) is 6.33 Å². The van der Waals surface area contributed by atoms with Crippen LogP contribution in [0.15, 0.2) is 6.33 Å². The van der Waals surface area contributed by atoms with Crippen LogP contribution in [0.5, 0.6) is 0 Å². The summed E-state index contributed by atoms with van der Waals surface area (Å²) in [6.45, 7) is 5.52. The number of nitrogens with zero attached hydrogens (tertiary/aromatic N) is 3. The van der Waals surface area contributed by atoms with Crippen LogP contribution in [0, 0.1) is 0 Å². The summed E-state index contributed by atoms with van der Waals surface area (Å²) in [5, 5.41) is 16.8. The highest BCUT2D eigenvalue weighted by molar-refractivity contribution is 5.83. The summed E-state index contributed by atoms with van der Waals surface area (Å²) in [7, 11) is 0. The van der Waals surface area contributed by atoms with Gasteiger partial charge in [0.25, 0.3) is 0 Å². The molecule has 1 aliphatic rings. The Morgan fingerprint density at radius 2 is 2.33 bits per heavy atom. The lowest BCUT2D eigenvalue weighted by atomic mass is 9.97. The summed E-state index contributed by atoms with van der Waals surface area (Å²) in [4.78, 5) is 15.9. The maximum atomic E-state index is 10.5. The number of hydrogen-bond donors (Lipinski definition) is 4. The fraction of sp³-hybridized carbons (Fsp3) is 0.615. The first-order valence-electron chi connectivity index (χ1n) is 7.15. The molecule has 114 valence electrons. The first kappa shape index (κ1) is 14.0. The molecule has 0 aromatic carbocycles. The normalized spacial score (nSPS) is 25.4. The molecule has 8 heteroatoms. The molecule has 0 amide bonds. The van der Waals surface area contributed by atoms with Gasteiger partial charge in [0.05, 0.1) is 12.4 Å². The number of H-pyrrole nitrogens is 1. The Balaban J connectivity index is 1.84. The van der Waals surface area contributed by atoms with Crippen molar-refractivity contribution in [3.8, 4) is 0 Å². The molecule has 2 unspecified atom stereocenters. The van der Waals surface area contributed by atoms with E-state index in [1.807, 2.05) is 13.8 Å². The van der Waals surface area contributed by atoms with E-state index in [0.717, 1.165) is 12.1 Å². The Hall–Kier alpha value is -1.93. The third kappa shape index (κ3) is 2.64. The van der Waals surface area contributed by atoms with Gasteiger partial charge in [-0.25, -0.2) is 4.98 Å². The number of ether oxygens (including phenoxy) is 1. The SMILES string of the molecule is CCNc1nc(NCC2(O)CCOC2C)c2[nH]cnc2n1. The average Bonchev–Trinajstić information content (AvgIpc) is 3.05. The van der Waals surface area contributed by atoms with Gasteiger partial charge in [0.2, 0.25) is 5.95 Å². The highest BCUT2D eigenvalue weighted by Gasteiger charge is 2.39. The van der Waals surface area contributed by atoms with E-state index in [1.54, 1.807) is 6.33 Å². The van der Waals surface area contributed by atoms with Gasteiger partial charge in [-0.15, -0.1) is 0 Å². The van der Waals surface area contributed by atoms with Gasteiger partial charge in [0, 0.05) is 26.1 Å². The first-order chi connectivity index (χ1) is 10.1. The van der Waals surface area contributed by atoms with Gasteiger partial charge in [-0.1, -0.05) is 0 Å². The van der Waals surface area contributed by atoms with Crippen molar-refractivity contribution in [1.82, 2.24) is 19.9 Å². The minimum absolute atomic E-state index is 0.197. The van der Waals surface area contributed by atoms with Gasteiger partial charge in [0.15, 0.2) is 11.5 Å². The molecule has 21 heavy (non-hydrogen) atoms. The number of rotatable bonds is 5. The van der Waals surface area contributed by atoms with Crippen molar-refractivity contribution < 1.29 is 9.84 Å². The Kier molecular flexibility index (Phi) is 3.64. The predicted molar refractivity (Wildman–Crippen MR) is 79.3 cm³/mol. The summed E-state index contributed by atoms with van der Waals surface area (Å²) >= 11 is 0. The molecule has 0 radical (unpaired) electrons. The van der Waals surface area contributed by atoms with E-state index in [2.05, 4.69) is 30.6 Å². The fourth-order valence-electron chi connectivity index (χ4n) is 2.44. The van der Waals surface area contributed by atoms with E-state index in [4.69, 9.17) is 4.74 Å². The van der Waals surface area contributed by atoms with Gasteiger partial charge in [-0.05, 0) is 13.8 Å². The number of imidazole rings is 1. The quantitative estimate of drug-likeness (QED) is 0.643. The zero-order chi connectivity index (χ0) is 14.9. The molecule has 0 bridgehead atoms. The maximum Gasteiger partial charge on any atom is 0.226 e. The van der Waals surface area contributed by atoms with Crippen LogP contribution >= 0.6 is 0 Å². The van der Waals surface area contributed by atoms with Crippen LogP contribution in [-0.2, 0) is 4.74 Å². The van der Waals surface area contributed by atoms with E-state index in [9.17, 15) is 5.11 Å². The monoisotopic (exact) mass is 292 g/mol. The Morgan fingerprint density at radius 1 is 1.48 bits per heavy atom. The van der Waals surface area contributed by atoms with Crippen molar-refractivity contribution in [2.75, 3.05) is 30.3 Å². The van der Waals surface area contributed by atoms with Crippen LogP contribution in [0.4, 0.5) is 11.8 Å². The number of aliphatic hydroxyl groups is 1. The van der Waals surface area contributed by atoms with Gasteiger partial charge in [-0.3, -0.25) is 0 Å². The topological polar surface area (TPSA) is 108 Å². The summed E-state index contributed by atoms with van der Waals surface area (Å²) < 4.78 is 5.44. The Morgan fingerprint density at radius 3 is 3.05 bits per heavy atom. The molecule has 8 nitrogen and oxygen atoms in total. The second-order valence-electron chi connectivity index (χ2n) is 5.25. The second kappa shape index (κ2) is 5.45. The van der Waals surface area contributed by atoms with Crippen LogP contribution in [0.2, 0.25) is 0 Å². The molecular formula is C13H20N6O2. The minimum atomic E-state index is -0.879. The van der Waals surface area contributed by atoms with Crippen LogP contribution in [0.25, 0.3) is 11.2 Å². The lowest BCUT2D eigenvalue weighted by Gasteiger charge is -2.26. The third-order valence-electron chi connectivity index (χ3n) is 3.84. The minimum Gasteiger partial charge on any atom is -0.385 e. The van der Waals surface area contributed by atoms with E-state index in [1.165, 1.54) is 0 Å². The molecular weight excluding hydrogens is 272 g/mol. The van der Waals surface area contributed by atoms with Crippen molar-refractivity contribution in [2.24, 2.45) is 0 Å². The number of aromatic amines is 1. The van der Waals surface area contributed by atoms with Gasteiger partial charge in [0.1, 0.15) is 11.1 Å². The van der Waals surface area contributed by atoms with E-state index >= 15 is 0 Å².